The third-order valence-electron chi connectivity index (χ3n) is 2.82. The van der Waals surface area contributed by atoms with Crippen molar-refractivity contribution in [3.63, 3.8) is 0 Å². The number of likely N-dealkylation sites (N-methyl/N-ethyl adjacent to an activating group) is 1. The van der Waals surface area contributed by atoms with Crippen molar-refractivity contribution in [3.8, 4) is 0 Å². The van der Waals surface area contributed by atoms with Crippen molar-refractivity contribution in [1.29, 1.82) is 0 Å². The zero-order valence-corrected chi connectivity index (χ0v) is 11.6. The van der Waals surface area contributed by atoms with E-state index in [1.807, 2.05) is 24.3 Å². The van der Waals surface area contributed by atoms with Gasteiger partial charge in [0.1, 0.15) is 0 Å². The normalized spacial score (nSPS) is 13.2. The number of rotatable bonds is 5. The van der Waals surface area contributed by atoms with Crippen LogP contribution in [0.1, 0.15) is 33.3 Å². The van der Waals surface area contributed by atoms with Crippen LogP contribution in [0, 0.1) is 0 Å². The van der Waals surface area contributed by atoms with E-state index in [2.05, 4.69) is 37.5 Å². The first kappa shape index (κ1) is 14.5. The Balaban J connectivity index is 2.73. The number of benzene rings is 1. The van der Waals surface area contributed by atoms with Crippen molar-refractivity contribution < 1.29 is 4.79 Å². The van der Waals surface area contributed by atoms with Gasteiger partial charge in [0.2, 0.25) is 5.91 Å². The van der Waals surface area contributed by atoms with Gasteiger partial charge in [-0.3, -0.25) is 4.79 Å². The summed E-state index contributed by atoms with van der Waals surface area (Å²) in [6, 6.07) is 8.22. The average molecular weight is 246 g/mol. The number of carbonyl (C=O) groups excluding carboxylic acids is 1. The molecule has 0 aliphatic heterocycles. The minimum atomic E-state index is -0.0461. The van der Waals surface area contributed by atoms with E-state index in [0.717, 1.165) is 17.8 Å². The average Bonchev–Trinajstić information content (AvgIpc) is 2.31. The van der Waals surface area contributed by atoms with Gasteiger partial charge in [0, 0.05) is 18.7 Å². The predicted molar refractivity (Wildman–Crippen MR) is 77.5 cm³/mol. The van der Waals surface area contributed by atoms with Crippen molar-refractivity contribution in [3.05, 3.63) is 35.4 Å². The fraction of sp³-hybridized carbons (Fsp3) is 0.400. The summed E-state index contributed by atoms with van der Waals surface area (Å²) < 4.78 is 0. The molecule has 1 unspecified atom stereocenters. The van der Waals surface area contributed by atoms with E-state index in [0.29, 0.717) is 6.04 Å². The molecule has 18 heavy (non-hydrogen) atoms. The van der Waals surface area contributed by atoms with Crippen molar-refractivity contribution in [2.45, 2.75) is 33.7 Å². The summed E-state index contributed by atoms with van der Waals surface area (Å²) >= 11 is 0. The van der Waals surface area contributed by atoms with E-state index in [4.69, 9.17) is 0 Å². The van der Waals surface area contributed by atoms with Crippen LogP contribution in [0.5, 0.6) is 0 Å². The molecular formula is C15H22N2O. The molecule has 0 aromatic heterocycles. The summed E-state index contributed by atoms with van der Waals surface area (Å²) in [5.74, 6) is -0.0461. The van der Waals surface area contributed by atoms with Crippen LogP contribution in [0.4, 0.5) is 5.69 Å². The summed E-state index contributed by atoms with van der Waals surface area (Å²) in [5.41, 5.74) is 3.27. The van der Waals surface area contributed by atoms with E-state index < -0.39 is 0 Å². The second kappa shape index (κ2) is 6.97. The Kier molecular flexibility index (Phi) is 5.59. The number of nitrogens with one attached hydrogen (secondary N) is 2. The first-order chi connectivity index (χ1) is 8.52. The van der Waals surface area contributed by atoms with Crippen LogP contribution in [0.2, 0.25) is 0 Å². The number of hydrogen-bond donors (Lipinski definition) is 2. The third-order valence-corrected chi connectivity index (χ3v) is 2.82. The lowest BCUT2D eigenvalue weighted by molar-refractivity contribution is -0.114. The molecule has 0 fully saturated rings. The molecule has 0 saturated carbocycles. The van der Waals surface area contributed by atoms with E-state index >= 15 is 0 Å². The lowest BCUT2D eigenvalue weighted by atomic mass is 10.1. The van der Waals surface area contributed by atoms with Crippen molar-refractivity contribution >= 4 is 17.7 Å². The Bertz CT molecular complexity index is 421. The topological polar surface area (TPSA) is 41.1 Å². The smallest absolute Gasteiger partial charge is 0.221 e. The Hall–Kier alpha value is -1.61. The van der Waals surface area contributed by atoms with Gasteiger partial charge >= 0.3 is 0 Å². The van der Waals surface area contributed by atoms with Gasteiger partial charge in [-0.05, 0) is 38.1 Å². The standard InChI is InChI=1S/C15H22N2O/c1-5-16-12(3)11(2)10-14-6-8-15(9-7-14)17-13(4)18/h6-10,12,16H,5H2,1-4H3,(H,17,18)/b11-10+. The second-order valence-electron chi connectivity index (χ2n) is 4.47. The third kappa shape index (κ3) is 4.72. The highest BCUT2D eigenvalue weighted by Crippen LogP contribution is 2.13. The summed E-state index contributed by atoms with van der Waals surface area (Å²) in [5, 5.41) is 6.13. The summed E-state index contributed by atoms with van der Waals surface area (Å²) in [6.07, 6.45) is 2.16. The van der Waals surface area contributed by atoms with Crippen LogP contribution in [0.25, 0.3) is 6.08 Å². The Labute approximate surface area is 109 Å². The molecule has 0 aliphatic rings. The molecule has 2 N–H and O–H groups in total. The zero-order valence-electron chi connectivity index (χ0n) is 11.6. The second-order valence-corrected chi connectivity index (χ2v) is 4.47. The lowest BCUT2D eigenvalue weighted by Crippen LogP contribution is -2.26. The summed E-state index contributed by atoms with van der Waals surface area (Å²) in [6.45, 7) is 8.85. The molecule has 1 aromatic rings. The van der Waals surface area contributed by atoms with E-state index in [1.54, 1.807) is 0 Å². The van der Waals surface area contributed by atoms with E-state index in [-0.39, 0.29) is 5.91 Å². The highest BCUT2D eigenvalue weighted by molar-refractivity contribution is 5.88. The van der Waals surface area contributed by atoms with Crippen LogP contribution >= 0.6 is 0 Å². The van der Waals surface area contributed by atoms with Crippen LogP contribution in [0.3, 0.4) is 0 Å². The fourth-order valence-corrected chi connectivity index (χ4v) is 1.72. The molecule has 3 heteroatoms. The monoisotopic (exact) mass is 246 g/mol. The Morgan fingerprint density at radius 1 is 1.28 bits per heavy atom. The molecule has 0 heterocycles. The van der Waals surface area contributed by atoms with Gasteiger partial charge in [0.25, 0.3) is 0 Å². The molecule has 0 bridgehead atoms. The van der Waals surface area contributed by atoms with Crippen LogP contribution in [0.15, 0.2) is 29.8 Å². The Morgan fingerprint density at radius 2 is 1.89 bits per heavy atom. The highest BCUT2D eigenvalue weighted by Gasteiger charge is 2.02. The maximum absolute atomic E-state index is 10.9. The van der Waals surface area contributed by atoms with Crippen LogP contribution in [-0.2, 0) is 4.79 Å². The first-order valence-corrected chi connectivity index (χ1v) is 6.32. The molecule has 0 radical (unpaired) electrons. The molecule has 98 valence electrons. The van der Waals surface area contributed by atoms with Gasteiger partial charge < -0.3 is 10.6 Å². The molecule has 1 atom stereocenters. The summed E-state index contributed by atoms with van der Waals surface area (Å²) in [7, 11) is 0. The van der Waals surface area contributed by atoms with Gasteiger partial charge in [-0.15, -0.1) is 0 Å². The highest BCUT2D eigenvalue weighted by atomic mass is 16.1. The molecule has 0 spiro atoms. The molecule has 1 aromatic carbocycles. The maximum atomic E-state index is 10.9. The van der Waals surface area contributed by atoms with Crippen molar-refractivity contribution in [1.82, 2.24) is 5.32 Å². The summed E-state index contributed by atoms with van der Waals surface area (Å²) in [4.78, 5) is 10.9. The van der Waals surface area contributed by atoms with Gasteiger partial charge in [0.05, 0.1) is 0 Å². The SMILES string of the molecule is CCNC(C)/C(C)=C/c1ccc(NC(C)=O)cc1. The maximum Gasteiger partial charge on any atom is 0.221 e. The number of amides is 1. The molecule has 3 nitrogen and oxygen atoms in total. The zero-order chi connectivity index (χ0) is 13.5. The lowest BCUT2D eigenvalue weighted by Gasteiger charge is -2.13. The molecular weight excluding hydrogens is 224 g/mol. The Morgan fingerprint density at radius 3 is 2.39 bits per heavy atom. The predicted octanol–water partition coefficient (Wildman–Crippen LogP) is 3.05. The van der Waals surface area contributed by atoms with E-state index in [1.165, 1.54) is 12.5 Å². The minimum absolute atomic E-state index is 0.0461. The largest absolute Gasteiger partial charge is 0.326 e. The van der Waals surface area contributed by atoms with Crippen LogP contribution < -0.4 is 10.6 Å². The van der Waals surface area contributed by atoms with Gasteiger partial charge in [-0.25, -0.2) is 0 Å². The fourth-order valence-electron chi connectivity index (χ4n) is 1.72. The molecule has 0 aliphatic carbocycles. The van der Waals surface area contributed by atoms with Crippen molar-refractivity contribution in [2.75, 3.05) is 11.9 Å². The quantitative estimate of drug-likeness (QED) is 0.838. The van der Waals surface area contributed by atoms with Gasteiger partial charge in [0.15, 0.2) is 0 Å². The number of hydrogen-bond acceptors (Lipinski definition) is 2. The van der Waals surface area contributed by atoms with Crippen LogP contribution in [-0.4, -0.2) is 18.5 Å². The molecule has 1 rings (SSSR count). The molecule has 1 amide bonds. The first-order valence-electron chi connectivity index (χ1n) is 6.32. The minimum Gasteiger partial charge on any atom is -0.326 e. The number of anilines is 1. The molecule has 0 saturated heterocycles. The number of carbonyl (C=O) groups is 1. The van der Waals surface area contributed by atoms with Crippen molar-refractivity contribution in [2.24, 2.45) is 0 Å². The van der Waals surface area contributed by atoms with Gasteiger partial charge in [-0.1, -0.05) is 30.7 Å². The van der Waals surface area contributed by atoms with E-state index in [9.17, 15) is 4.79 Å². The van der Waals surface area contributed by atoms with Gasteiger partial charge in [-0.2, -0.15) is 0 Å².